The average molecular weight is 396 g/mol. The number of ether oxygens (including phenoxy) is 2. The van der Waals surface area contributed by atoms with Crippen molar-refractivity contribution in [2.24, 2.45) is 13.0 Å². The van der Waals surface area contributed by atoms with Crippen LogP contribution in [0.1, 0.15) is 24.2 Å². The number of hydrogen-bond donors (Lipinski definition) is 0. The summed E-state index contributed by atoms with van der Waals surface area (Å²) in [5.41, 5.74) is 5.01. The maximum atomic E-state index is 12.1. The largest absolute Gasteiger partial charge is 0.383 e. The Balaban J connectivity index is 1.75. The minimum Gasteiger partial charge on any atom is -0.383 e. The molecule has 1 unspecified atom stereocenters. The van der Waals surface area contributed by atoms with Crippen molar-refractivity contribution in [2.75, 3.05) is 26.9 Å². The van der Waals surface area contributed by atoms with Crippen LogP contribution in [0.25, 0.3) is 22.2 Å². The van der Waals surface area contributed by atoms with Gasteiger partial charge in [-0.25, -0.2) is 4.98 Å². The molecule has 1 aliphatic heterocycles. The summed E-state index contributed by atoms with van der Waals surface area (Å²) in [6.07, 6.45) is 5.13. The molecule has 0 aliphatic carbocycles. The molecule has 2 aromatic heterocycles. The molecule has 1 aliphatic rings. The van der Waals surface area contributed by atoms with Crippen LogP contribution in [0.2, 0.25) is 0 Å². The molecule has 0 radical (unpaired) electrons. The molecular formula is C23H29N3O3. The van der Waals surface area contributed by atoms with Crippen LogP contribution in [0.3, 0.4) is 0 Å². The standard InChI is InChI=1S/C23H29N3O3/c1-16-11-19(14-25(2)23(16)27)18-6-7-20-21(13-18)26(8-10-28-3)22(24-20)12-17-5-4-9-29-15-17/h6-7,11,13-14,17H,4-5,8-10,12,15H2,1-3H3. The number of rotatable bonds is 6. The zero-order valence-corrected chi connectivity index (χ0v) is 17.5. The first kappa shape index (κ1) is 19.9. The van der Waals surface area contributed by atoms with E-state index < -0.39 is 0 Å². The van der Waals surface area contributed by atoms with Crippen LogP contribution >= 0.6 is 0 Å². The van der Waals surface area contributed by atoms with Gasteiger partial charge in [0.2, 0.25) is 0 Å². The summed E-state index contributed by atoms with van der Waals surface area (Å²) in [6.45, 7) is 4.96. The molecule has 0 amide bonds. The zero-order valence-electron chi connectivity index (χ0n) is 17.5. The molecule has 1 saturated heterocycles. The van der Waals surface area contributed by atoms with E-state index in [0.29, 0.717) is 12.5 Å². The highest BCUT2D eigenvalue weighted by atomic mass is 16.5. The van der Waals surface area contributed by atoms with Crippen LogP contribution in [0.5, 0.6) is 0 Å². The van der Waals surface area contributed by atoms with Crippen LogP contribution in [0.4, 0.5) is 0 Å². The SMILES string of the molecule is COCCn1c(CC2CCCOC2)nc2ccc(-c3cc(C)c(=O)n(C)c3)cc21. The van der Waals surface area contributed by atoms with Gasteiger partial charge in [-0.2, -0.15) is 0 Å². The Kier molecular flexibility index (Phi) is 5.83. The molecule has 154 valence electrons. The van der Waals surface area contributed by atoms with E-state index in [2.05, 4.69) is 22.8 Å². The van der Waals surface area contributed by atoms with Crippen LogP contribution < -0.4 is 5.56 Å². The molecule has 0 bridgehead atoms. The highest BCUT2D eigenvalue weighted by Crippen LogP contribution is 2.27. The van der Waals surface area contributed by atoms with Gasteiger partial charge < -0.3 is 18.6 Å². The van der Waals surface area contributed by atoms with Gasteiger partial charge in [0, 0.05) is 52.1 Å². The molecule has 0 N–H and O–H groups in total. The molecular weight excluding hydrogens is 366 g/mol. The summed E-state index contributed by atoms with van der Waals surface area (Å²) in [5.74, 6) is 1.62. The van der Waals surface area contributed by atoms with Crippen LogP contribution in [-0.4, -0.2) is 41.0 Å². The Labute approximate surface area is 171 Å². The van der Waals surface area contributed by atoms with Crippen LogP contribution in [0.15, 0.2) is 35.3 Å². The number of hydrogen-bond acceptors (Lipinski definition) is 4. The van der Waals surface area contributed by atoms with E-state index in [0.717, 1.165) is 66.1 Å². The van der Waals surface area contributed by atoms with E-state index in [1.54, 1.807) is 18.7 Å². The molecule has 0 saturated carbocycles. The van der Waals surface area contributed by atoms with Crippen LogP contribution in [-0.2, 0) is 29.5 Å². The molecule has 1 fully saturated rings. The number of nitrogens with zero attached hydrogens (tertiary/aromatic N) is 3. The van der Waals surface area contributed by atoms with Crippen LogP contribution in [0, 0.1) is 12.8 Å². The van der Waals surface area contributed by atoms with E-state index in [1.807, 2.05) is 19.2 Å². The molecule has 6 heteroatoms. The molecule has 1 atom stereocenters. The van der Waals surface area contributed by atoms with Crippen molar-refractivity contribution in [1.29, 1.82) is 0 Å². The summed E-state index contributed by atoms with van der Waals surface area (Å²) in [6, 6.07) is 8.30. The van der Waals surface area contributed by atoms with Gasteiger partial charge in [0.25, 0.3) is 5.56 Å². The second-order valence-corrected chi connectivity index (χ2v) is 7.99. The first-order valence-electron chi connectivity index (χ1n) is 10.3. The second kappa shape index (κ2) is 8.51. The highest BCUT2D eigenvalue weighted by Gasteiger charge is 2.19. The number of fused-ring (bicyclic) bond motifs is 1. The highest BCUT2D eigenvalue weighted by molar-refractivity contribution is 5.82. The Hall–Kier alpha value is -2.44. The molecule has 1 aromatic carbocycles. The minimum absolute atomic E-state index is 0.0388. The Morgan fingerprint density at radius 1 is 1.28 bits per heavy atom. The number of methoxy groups -OCH3 is 1. The fourth-order valence-electron chi connectivity index (χ4n) is 4.20. The lowest BCUT2D eigenvalue weighted by molar-refractivity contribution is 0.0539. The predicted molar refractivity (Wildman–Crippen MR) is 114 cm³/mol. The first-order chi connectivity index (χ1) is 14.1. The number of aromatic nitrogens is 3. The van der Waals surface area contributed by atoms with Crippen molar-refractivity contribution >= 4 is 11.0 Å². The molecule has 29 heavy (non-hydrogen) atoms. The molecule has 4 rings (SSSR count). The quantitative estimate of drug-likeness (QED) is 0.642. The van der Waals surface area contributed by atoms with Crippen molar-refractivity contribution in [1.82, 2.24) is 14.1 Å². The first-order valence-corrected chi connectivity index (χ1v) is 10.3. The molecule has 3 aromatic rings. The van der Waals surface area contributed by atoms with E-state index >= 15 is 0 Å². The lowest BCUT2D eigenvalue weighted by atomic mass is 9.98. The van der Waals surface area contributed by atoms with E-state index in [-0.39, 0.29) is 5.56 Å². The Morgan fingerprint density at radius 3 is 2.86 bits per heavy atom. The monoisotopic (exact) mass is 395 g/mol. The van der Waals surface area contributed by atoms with Gasteiger partial charge in [-0.05, 0) is 55.0 Å². The van der Waals surface area contributed by atoms with E-state index in [1.165, 1.54) is 6.42 Å². The van der Waals surface area contributed by atoms with Crippen molar-refractivity contribution in [3.8, 4) is 11.1 Å². The number of benzene rings is 1. The van der Waals surface area contributed by atoms with Gasteiger partial charge >= 0.3 is 0 Å². The fourth-order valence-corrected chi connectivity index (χ4v) is 4.20. The van der Waals surface area contributed by atoms with E-state index in [4.69, 9.17) is 14.5 Å². The van der Waals surface area contributed by atoms with Gasteiger partial charge in [-0.15, -0.1) is 0 Å². The molecule has 3 heterocycles. The van der Waals surface area contributed by atoms with Crippen molar-refractivity contribution in [3.63, 3.8) is 0 Å². The minimum atomic E-state index is 0.0388. The predicted octanol–water partition coefficient (Wildman–Crippen LogP) is 3.33. The zero-order chi connectivity index (χ0) is 20.4. The molecule has 6 nitrogen and oxygen atoms in total. The second-order valence-electron chi connectivity index (χ2n) is 7.99. The lowest BCUT2D eigenvalue weighted by Crippen LogP contribution is -2.21. The number of aryl methyl sites for hydroxylation is 2. The summed E-state index contributed by atoms with van der Waals surface area (Å²) in [4.78, 5) is 17.0. The van der Waals surface area contributed by atoms with Crippen molar-refractivity contribution in [3.05, 3.63) is 52.2 Å². The smallest absolute Gasteiger partial charge is 0.253 e. The summed E-state index contributed by atoms with van der Waals surface area (Å²) < 4.78 is 15.0. The molecule has 0 spiro atoms. The summed E-state index contributed by atoms with van der Waals surface area (Å²) >= 11 is 0. The van der Waals surface area contributed by atoms with Gasteiger partial charge in [-0.3, -0.25) is 4.79 Å². The summed E-state index contributed by atoms with van der Waals surface area (Å²) in [5, 5.41) is 0. The number of pyridine rings is 1. The topological polar surface area (TPSA) is 58.3 Å². The normalized spacial score (nSPS) is 17.1. The maximum absolute atomic E-state index is 12.1. The third kappa shape index (κ3) is 4.14. The van der Waals surface area contributed by atoms with Gasteiger partial charge in [0.05, 0.1) is 17.6 Å². The third-order valence-corrected chi connectivity index (χ3v) is 5.77. The Bertz CT molecular complexity index is 1030. The maximum Gasteiger partial charge on any atom is 0.253 e. The summed E-state index contributed by atoms with van der Waals surface area (Å²) in [7, 11) is 3.52. The van der Waals surface area contributed by atoms with Crippen molar-refractivity contribution < 1.29 is 9.47 Å². The van der Waals surface area contributed by atoms with Crippen molar-refractivity contribution in [2.45, 2.75) is 32.7 Å². The fraction of sp³-hybridized carbons (Fsp3) is 0.478. The number of imidazole rings is 1. The van der Waals surface area contributed by atoms with Gasteiger partial charge in [0.15, 0.2) is 0 Å². The third-order valence-electron chi connectivity index (χ3n) is 5.77. The Morgan fingerprint density at radius 2 is 2.14 bits per heavy atom. The van der Waals surface area contributed by atoms with Gasteiger partial charge in [0.1, 0.15) is 5.82 Å². The van der Waals surface area contributed by atoms with Gasteiger partial charge in [-0.1, -0.05) is 6.07 Å². The average Bonchev–Trinajstić information content (AvgIpc) is 3.07. The lowest BCUT2D eigenvalue weighted by Gasteiger charge is -2.22. The van der Waals surface area contributed by atoms with E-state index in [9.17, 15) is 4.79 Å².